The molecular weight excluding hydrogens is 242 g/mol. The van der Waals surface area contributed by atoms with E-state index in [-0.39, 0.29) is 0 Å². The van der Waals surface area contributed by atoms with Gasteiger partial charge in [-0.2, -0.15) is 0 Å². The van der Waals surface area contributed by atoms with Crippen molar-refractivity contribution < 1.29 is 0 Å². The first-order chi connectivity index (χ1) is 8.61. The van der Waals surface area contributed by atoms with Gasteiger partial charge in [0.05, 0.1) is 0 Å². The molecule has 0 aliphatic heterocycles. The number of hydrazine groups is 1. The van der Waals surface area contributed by atoms with Crippen LogP contribution in [0.25, 0.3) is 0 Å². The molecule has 4 bridgehead atoms. The van der Waals surface area contributed by atoms with Crippen LogP contribution in [0.5, 0.6) is 0 Å². The van der Waals surface area contributed by atoms with Crippen LogP contribution in [0.15, 0.2) is 11.3 Å². The molecule has 1 unspecified atom stereocenters. The third-order valence-electron chi connectivity index (χ3n) is 4.49. The lowest BCUT2D eigenvalue weighted by atomic mass is 9.60. The Balaban J connectivity index is 1.61. The lowest BCUT2D eigenvalue weighted by Crippen LogP contribution is -2.49. The van der Waals surface area contributed by atoms with Gasteiger partial charge in [-0.25, -0.2) is 0 Å². The summed E-state index contributed by atoms with van der Waals surface area (Å²) in [5.74, 6) is 2.72. The molecule has 0 amide bonds. The van der Waals surface area contributed by atoms with E-state index in [1.807, 2.05) is 0 Å². The van der Waals surface area contributed by atoms with Crippen LogP contribution >= 0.6 is 12.2 Å². The van der Waals surface area contributed by atoms with Crippen LogP contribution in [0.3, 0.4) is 0 Å². The second-order valence-electron chi connectivity index (χ2n) is 6.44. The first kappa shape index (κ1) is 12.3. The molecule has 0 spiro atoms. The zero-order valence-corrected chi connectivity index (χ0v) is 12.1. The maximum Gasteiger partial charge on any atom is 0.185 e. The molecule has 0 saturated heterocycles. The third-order valence-corrected chi connectivity index (χ3v) is 4.71. The van der Waals surface area contributed by atoms with E-state index < -0.39 is 0 Å². The largest absolute Gasteiger partial charge is 0.359 e. The van der Waals surface area contributed by atoms with Crippen LogP contribution in [-0.2, 0) is 0 Å². The van der Waals surface area contributed by atoms with Gasteiger partial charge in [0, 0.05) is 17.7 Å². The monoisotopic (exact) mass is 265 g/mol. The summed E-state index contributed by atoms with van der Waals surface area (Å²) in [7, 11) is 0. The van der Waals surface area contributed by atoms with E-state index in [1.54, 1.807) is 5.57 Å². The predicted molar refractivity (Wildman–Crippen MR) is 77.7 cm³/mol. The van der Waals surface area contributed by atoms with Crippen molar-refractivity contribution in [2.45, 2.75) is 52.0 Å². The van der Waals surface area contributed by atoms with Gasteiger partial charge in [-0.05, 0) is 75.6 Å². The molecule has 0 aromatic heterocycles. The minimum absolute atomic E-state index is 0.378. The molecule has 3 nitrogen and oxygen atoms in total. The fraction of sp³-hybridized carbons (Fsp3) is 0.786. The van der Waals surface area contributed by atoms with Gasteiger partial charge >= 0.3 is 0 Å². The van der Waals surface area contributed by atoms with Gasteiger partial charge in [-0.1, -0.05) is 0 Å². The minimum atomic E-state index is 0.378. The first-order valence-electron chi connectivity index (χ1n) is 7.16. The van der Waals surface area contributed by atoms with E-state index in [9.17, 15) is 0 Å². The molecule has 0 aromatic rings. The summed E-state index contributed by atoms with van der Waals surface area (Å²) in [6.07, 6.45) is 6.89. The summed E-state index contributed by atoms with van der Waals surface area (Å²) < 4.78 is 0. The molecule has 100 valence electrons. The summed E-state index contributed by atoms with van der Waals surface area (Å²) >= 11 is 5.25. The molecular formula is C14H23N3S. The van der Waals surface area contributed by atoms with Crippen LogP contribution < -0.4 is 16.2 Å². The quantitative estimate of drug-likeness (QED) is 0.541. The van der Waals surface area contributed by atoms with Crippen molar-refractivity contribution in [2.24, 2.45) is 17.8 Å². The smallest absolute Gasteiger partial charge is 0.185 e. The Labute approximate surface area is 115 Å². The summed E-state index contributed by atoms with van der Waals surface area (Å²) in [5.41, 5.74) is 9.67. The molecule has 4 rings (SSSR count). The van der Waals surface area contributed by atoms with Crippen molar-refractivity contribution in [3.05, 3.63) is 11.3 Å². The average molecular weight is 265 g/mol. The molecule has 0 radical (unpaired) electrons. The highest BCUT2D eigenvalue weighted by Crippen LogP contribution is 2.52. The van der Waals surface area contributed by atoms with Crippen LogP contribution in [0.4, 0.5) is 0 Å². The second kappa shape index (κ2) is 4.72. The van der Waals surface area contributed by atoms with Gasteiger partial charge < -0.3 is 10.7 Å². The lowest BCUT2D eigenvalue weighted by Gasteiger charge is -2.47. The Morgan fingerprint density at radius 2 is 1.83 bits per heavy atom. The number of allylic oxidation sites excluding steroid dienone is 2. The molecule has 2 fully saturated rings. The average Bonchev–Trinajstić information content (AvgIpc) is 2.25. The molecule has 4 aliphatic rings. The second-order valence-corrected chi connectivity index (χ2v) is 6.85. The number of thiocarbonyl (C=S) groups is 1. The highest BCUT2D eigenvalue weighted by molar-refractivity contribution is 7.80. The molecule has 3 atom stereocenters. The van der Waals surface area contributed by atoms with Crippen molar-refractivity contribution in [3.8, 4) is 0 Å². The van der Waals surface area contributed by atoms with Crippen LogP contribution in [0.1, 0.15) is 46.0 Å². The summed E-state index contributed by atoms with van der Waals surface area (Å²) in [4.78, 5) is 0. The Kier molecular flexibility index (Phi) is 3.22. The predicted octanol–water partition coefficient (Wildman–Crippen LogP) is 2.46. The van der Waals surface area contributed by atoms with Gasteiger partial charge in [0.15, 0.2) is 5.11 Å². The minimum Gasteiger partial charge on any atom is -0.359 e. The first-order valence-corrected chi connectivity index (χ1v) is 7.57. The van der Waals surface area contributed by atoms with E-state index in [4.69, 9.17) is 12.2 Å². The lowest BCUT2D eigenvalue weighted by molar-refractivity contribution is 0.149. The molecule has 18 heavy (non-hydrogen) atoms. The van der Waals surface area contributed by atoms with E-state index in [0.717, 1.165) is 17.8 Å². The summed E-state index contributed by atoms with van der Waals surface area (Å²) in [5, 5.41) is 3.90. The van der Waals surface area contributed by atoms with Gasteiger partial charge in [-0.15, -0.1) is 0 Å². The standard InChI is InChI=1S/C14H23N3S/c1-8(2)15-14(18)17-16-13-11-4-9-3-10(6-11)7-12(13)5-9/h8-11,16H,3-7H2,1-2H3,(H2,15,17,18)/t9-,10+,11?. The normalized spacial score (nSPS) is 32.9. The van der Waals surface area contributed by atoms with Crippen LogP contribution in [-0.4, -0.2) is 11.2 Å². The highest BCUT2D eigenvalue weighted by atomic mass is 32.1. The number of nitrogens with one attached hydrogen (secondary N) is 3. The van der Waals surface area contributed by atoms with Crippen molar-refractivity contribution in [3.63, 3.8) is 0 Å². The van der Waals surface area contributed by atoms with E-state index >= 15 is 0 Å². The fourth-order valence-corrected chi connectivity index (χ4v) is 4.32. The Morgan fingerprint density at radius 1 is 1.17 bits per heavy atom. The third kappa shape index (κ3) is 2.35. The van der Waals surface area contributed by atoms with Gasteiger partial charge in [0.2, 0.25) is 0 Å². The highest BCUT2D eigenvalue weighted by Gasteiger charge is 2.41. The Hall–Kier alpha value is -0.770. The molecule has 0 aromatic carbocycles. The number of hydrogen-bond acceptors (Lipinski definition) is 2. The topological polar surface area (TPSA) is 36.1 Å². The van der Waals surface area contributed by atoms with Crippen LogP contribution in [0.2, 0.25) is 0 Å². The molecule has 4 heteroatoms. The Morgan fingerprint density at radius 3 is 2.39 bits per heavy atom. The number of rotatable bonds is 3. The van der Waals surface area contributed by atoms with E-state index in [1.165, 1.54) is 37.8 Å². The zero-order valence-electron chi connectivity index (χ0n) is 11.3. The molecule has 2 saturated carbocycles. The molecule has 4 aliphatic carbocycles. The zero-order chi connectivity index (χ0) is 12.7. The molecule has 3 N–H and O–H groups in total. The maximum atomic E-state index is 5.25. The van der Waals surface area contributed by atoms with Crippen molar-refractivity contribution >= 4 is 17.3 Å². The molecule has 0 heterocycles. The summed E-state index contributed by atoms with van der Waals surface area (Å²) in [6, 6.07) is 0.378. The Bertz CT molecular complexity index is 373. The fourth-order valence-electron chi connectivity index (χ4n) is 4.04. The maximum absolute atomic E-state index is 5.25. The van der Waals surface area contributed by atoms with Crippen LogP contribution in [0, 0.1) is 17.8 Å². The van der Waals surface area contributed by atoms with Gasteiger partial charge in [0.25, 0.3) is 0 Å². The van der Waals surface area contributed by atoms with Crippen molar-refractivity contribution in [2.75, 3.05) is 0 Å². The SMILES string of the molecule is CC(C)NC(=S)NNC1=C2C[C@@H]3CC1C[C@H](C2)C3. The van der Waals surface area contributed by atoms with Gasteiger partial charge in [0.1, 0.15) is 0 Å². The number of hydrogen-bond donors (Lipinski definition) is 3. The van der Waals surface area contributed by atoms with E-state index in [0.29, 0.717) is 11.2 Å². The van der Waals surface area contributed by atoms with Crippen molar-refractivity contribution in [1.29, 1.82) is 0 Å². The summed E-state index contributed by atoms with van der Waals surface area (Å²) in [6.45, 7) is 4.19. The van der Waals surface area contributed by atoms with Crippen molar-refractivity contribution in [1.82, 2.24) is 16.2 Å². The van der Waals surface area contributed by atoms with Gasteiger partial charge in [-0.3, -0.25) is 5.43 Å². The van der Waals surface area contributed by atoms with E-state index in [2.05, 4.69) is 30.0 Å².